The van der Waals surface area contributed by atoms with E-state index in [9.17, 15) is 0 Å². The molecule has 3 aromatic rings. The fraction of sp³-hybridized carbons (Fsp3) is 0.278. The highest BCUT2D eigenvalue weighted by Crippen LogP contribution is 2.24. The van der Waals surface area contributed by atoms with Crippen molar-refractivity contribution in [2.75, 3.05) is 11.9 Å². The van der Waals surface area contributed by atoms with Crippen LogP contribution in [-0.4, -0.2) is 21.5 Å². The molecule has 4 nitrogen and oxygen atoms in total. The molecule has 4 heteroatoms. The summed E-state index contributed by atoms with van der Waals surface area (Å²) in [6.45, 7) is 5.35. The summed E-state index contributed by atoms with van der Waals surface area (Å²) in [6.07, 6.45) is 4.66. The van der Waals surface area contributed by atoms with Gasteiger partial charge in [0.25, 0.3) is 0 Å². The second kappa shape index (κ2) is 6.52. The normalized spacial score (nSPS) is 11.0. The van der Waals surface area contributed by atoms with Gasteiger partial charge in [-0.05, 0) is 36.6 Å². The maximum atomic E-state index is 4.71. The van der Waals surface area contributed by atoms with E-state index in [-0.39, 0.29) is 0 Å². The van der Waals surface area contributed by atoms with Gasteiger partial charge in [-0.1, -0.05) is 26.0 Å². The van der Waals surface area contributed by atoms with Crippen LogP contribution in [-0.2, 0) is 0 Å². The molecule has 0 radical (unpaired) electrons. The van der Waals surface area contributed by atoms with Crippen molar-refractivity contribution in [1.82, 2.24) is 15.0 Å². The zero-order valence-electron chi connectivity index (χ0n) is 13.0. The molecule has 0 atom stereocenters. The van der Waals surface area contributed by atoms with Crippen LogP contribution in [0.1, 0.15) is 20.3 Å². The summed E-state index contributed by atoms with van der Waals surface area (Å²) in [6, 6.07) is 12.0. The zero-order valence-corrected chi connectivity index (χ0v) is 13.0. The molecular formula is C18H20N4. The number of hydrogen-bond donors (Lipinski definition) is 1. The molecule has 2 aromatic heterocycles. The molecule has 0 aliphatic heterocycles. The Morgan fingerprint density at radius 3 is 2.68 bits per heavy atom. The summed E-state index contributed by atoms with van der Waals surface area (Å²) in [5.74, 6) is 2.27. The van der Waals surface area contributed by atoms with Crippen LogP contribution in [0, 0.1) is 5.92 Å². The molecule has 1 N–H and O–H groups in total. The molecule has 3 rings (SSSR count). The second-order valence-corrected chi connectivity index (χ2v) is 5.76. The summed E-state index contributed by atoms with van der Waals surface area (Å²) in [4.78, 5) is 13.5. The Morgan fingerprint density at radius 2 is 1.91 bits per heavy atom. The SMILES string of the molecule is CC(C)CCNc1nc(-c2cccnc2)nc2ccccc12. The minimum absolute atomic E-state index is 0.665. The molecule has 0 aliphatic carbocycles. The molecule has 0 bridgehead atoms. The number of nitrogens with zero attached hydrogens (tertiary/aromatic N) is 3. The van der Waals surface area contributed by atoms with Crippen molar-refractivity contribution in [1.29, 1.82) is 0 Å². The third kappa shape index (κ3) is 3.22. The van der Waals surface area contributed by atoms with E-state index in [2.05, 4.69) is 35.2 Å². The number of hydrogen-bond acceptors (Lipinski definition) is 4. The van der Waals surface area contributed by atoms with Crippen molar-refractivity contribution in [3.8, 4) is 11.4 Å². The Labute approximate surface area is 130 Å². The lowest BCUT2D eigenvalue weighted by atomic mass is 10.1. The van der Waals surface area contributed by atoms with Crippen molar-refractivity contribution in [2.45, 2.75) is 20.3 Å². The van der Waals surface area contributed by atoms with Gasteiger partial charge in [0.1, 0.15) is 5.82 Å². The molecule has 0 saturated heterocycles. The van der Waals surface area contributed by atoms with Crippen LogP contribution in [0.25, 0.3) is 22.3 Å². The van der Waals surface area contributed by atoms with Crippen LogP contribution in [0.15, 0.2) is 48.8 Å². The van der Waals surface area contributed by atoms with E-state index < -0.39 is 0 Å². The smallest absolute Gasteiger partial charge is 0.163 e. The molecule has 0 fully saturated rings. The Balaban J connectivity index is 2.01. The number of anilines is 1. The summed E-state index contributed by atoms with van der Waals surface area (Å²) in [7, 11) is 0. The average Bonchev–Trinajstić information content (AvgIpc) is 2.55. The van der Waals surface area contributed by atoms with Crippen LogP contribution in [0.4, 0.5) is 5.82 Å². The van der Waals surface area contributed by atoms with Gasteiger partial charge < -0.3 is 5.32 Å². The molecule has 22 heavy (non-hydrogen) atoms. The van der Waals surface area contributed by atoms with Gasteiger partial charge in [0, 0.05) is 29.9 Å². The first kappa shape index (κ1) is 14.4. The number of para-hydroxylation sites is 1. The number of nitrogens with one attached hydrogen (secondary N) is 1. The standard InChI is InChI=1S/C18H20N4/c1-13(2)9-11-20-18-15-7-3-4-8-16(15)21-17(22-18)14-6-5-10-19-12-14/h3-8,10,12-13H,9,11H2,1-2H3,(H,20,21,22). The van der Waals surface area contributed by atoms with Gasteiger partial charge in [-0.25, -0.2) is 9.97 Å². The largest absolute Gasteiger partial charge is 0.369 e. The lowest BCUT2D eigenvalue weighted by Crippen LogP contribution is -2.08. The van der Waals surface area contributed by atoms with Gasteiger partial charge in [0.05, 0.1) is 5.52 Å². The first-order valence-corrected chi connectivity index (χ1v) is 7.65. The zero-order chi connectivity index (χ0) is 15.4. The number of pyridine rings is 1. The predicted octanol–water partition coefficient (Wildman–Crippen LogP) is 4.15. The molecular weight excluding hydrogens is 272 g/mol. The molecule has 2 heterocycles. The van der Waals surface area contributed by atoms with E-state index in [1.165, 1.54) is 0 Å². The summed E-state index contributed by atoms with van der Waals surface area (Å²) in [5.41, 5.74) is 1.88. The maximum Gasteiger partial charge on any atom is 0.163 e. The van der Waals surface area contributed by atoms with E-state index in [1.807, 2.05) is 30.3 Å². The van der Waals surface area contributed by atoms with E-state index in [4.69, 9.17) is 4.98 Å². The maximum absolute atomic E-state index is 4.71. The van der Waals surface area contributed by atoms with Crippen LogP contribution in [0.2, 0.25) is 0 Å². The van der Waals surface area contributed by atoms with Gasteiger partial charge in [0.2, 0.25) is 0 Å². The van der Waals surface area contributed by atoms with Crippen molar-refractivity contribution < 1.29 is 0 Å². The van der Waals surface area contributed by atoms with Crippen LogP contribution >= 0.6 is 0 Å². The molecule has 0 amide bonds. The summed E-state index contributed by atoms with van der Waals surface area (Å²) >= 11 is 0. The first-order chi connectivity index (χ1) is 10.7. The fourth-order valence-corrected chi connectivity index (χ4v) is 2.31. The molecule has 1 aromatic carbocycles. The highest BCUT2D eigenvalue weighted by molar-refractivity contribution is 5.90. The van der Waals surface area contributed by atoms with Crippen molar-refractivity contribution >= 4 is 16.7 Å². The van der Waals surface area contributed by atoms with Crippen molar-refractivity contribution in [3.05, 3.63) is 48.8 Å². The van der Waals surface area contributed by atoms with Gasteiger partial charge in [-0.2, -0.15) is 0 Å². The van der Waals surface area contributed by atoms with Crippen molar-refractivity contribution in [2.24, 2.45) is 5.92 Å². The van der Waals surface area contributed by atoms with E-state index in [0.29, 0.717) is 11.7 Å². The lowest BCUT2D eigenvalue weighted by molar-refractivity contribution is 0.607. The predicted molar refractivity (Wildman–Crippen MR) is 90.7 cm³/mol. The van der Waals surface area contributed by atoms with Crippen LogP contribution in [0.5, 0.6) is 0 Å². The van der Waals surface area contributed by atoms with E-state index in [1.54, 1.807) is 12.4 Å². The first-order valence-electron chi connectivity index (χ1n) is 7.65. The van der Waals surface area contributed by atoms with Gasteiger partial charge in [-0.15, -0.1) is 0 Å². The Kier molecular flexibility index (Phi) is 4.28. The highest BCUT2D eigenvalue weighted by Gasteiger charge is 2.09. The van der Waals surface area contributed by atoms with E-state index >= 15 is 0 Å². The van der Waals surface area contributed by atoms with Crippen molar-refractivity contribution in [3.63, 3.8) is 0 Å². The molecule has 0 aliphatic rings. The Bertz CT molecular complexity index is 753. The van der Waals surface area contributed by atoms with Crippen LogP contribution in [0.3, 0.4) is 0 Å². The molecule has 0 saturated carbocycles. The van der Waals surface area contributed by atoms with Gasteiger partial charge >= 0.3 is 0 Å². The number of benzene rings is 1. The summed E-state index contributed by atoms with van der Waals surface area (Å²) in [5, 5.41) is 4.51. The van der Waals surface area contributed by atoms with Gasteiger partial charge in [0.15, 0.2) is 5.82 Å². The minimum Gasteiger partial charge on any atom is -0.369 e. The third-order valence-corrected chi connectivity index (χ3v) is 3.54. The fourth-order valence-electron chi connectivity index (χ4n) is 2.31. The monoisotopic (exact) mass is 292 g/mol. The lowest BCUT2D eigenvalue weighted by Gasteiger charge is -2.11. The average molecular weight is 292 g/mol. The quantitative estimate of drug-likeness (QED) is 0.767. The Hall–Kier alpha value is -2.49. The van der Waals surface area contributed by atoms with Gasteiger partial charge in [-0.3, -0.25) is 4.98 Å². The van der Waals surface area contributed by atoms with E-state index in [0.717, 1.165) is 35.2 Å². The second-order valence-electron chi connectivity index (χ2n) is 5.76. The molecule has 112 valence electrons. The topological polar surface area (TPSA) is 50.7 Å². The Morgan fingerprint density at radius 1 is 1.05 bits per heavy atom. The number of fused-ring (bicyclic) bond motifs is 1. The highest BCUT2D eigenvalue weighted by atomic mass is 15.0. The summed E-state index contributed by atoms with van der Waals surface area (Å²) < 4.78 is 0. The van der Waals surface area contributed by atoms with Crippen LogP contribution < -0.4 is 5.32 Å². The number of aromatic nitrogens is 3. The molecule has 0 spiro atoms. The third-order valence-electron chi connectivity index (χ3n) is 3.54. The minimum atomic E-state index is 0.665. The number of rotatable bonds is 5. The molecule has 0 unspecified atom stereocenters.